The summed E-state index contributed by atoms with van der Waals surface area (Å²) in [5, 5.41) is 9.49. The van der Waals surface area contributed by atoms with Crippen molar-refractivity contribution in [2.24, 2.45) is 17.8 Å². The molecule has 4 heteroatoms. The number of benzene rings is 3. The minimum absolute atomic E-state index is 0.199. The van der Waals surface area contributed by atoms with Crippen molar-refractivity contribution in [3.8, 4) is 16.9 Å². The van der Waals surface area contributed by atoms with Crippen LogP contribution in [0.25, 0.3) is 17.2 Å². The number of hydrogen-bond acceptors (Lipinski definition) is 2. The van der Waals surface area contributed by atoms with E-state index in [-0.39, 0.29) is 5.41 Å². The molecule has 4 bridgehead atoms. The molecule has 4 aliphatic carbocycles. The largest absolute Gasteiger partial charge is 0.489 e. The molecular weight excluding hydrogens is 468 g/mol. The Morgan fingerprint density at radius 1 is 0.917 bits per heavy atom. The average molecular weight is 499 g/mol. The molecule has 0 amide bonds. The number of carbonyl (C=O) groups is 1. The van der Waals surface area contributed by atoms with E-state index in [4.69, 9.17) is 21.4 Å². The molecule has 0 aromatic heterocycles. The van der Waals surface area contributed by atoms with Gasteiger partial charge >= 0.3 is 5.97 Å². The van der Waals surface area contributed by atoms with Crippen LogP contribution in [0, 0.1) is 17.8 Å². The molecule has 0 spiro atoms. The number of hydrogen-bond donors (Lipinski definition) is 1. The molecule has 4 fully saturated rings. The van der Waals surface area contributed by atoms with E-state index in [0.717, 1.165) is 40.7 Å². The number of rotatable bonds is 7. The topological polar surface area (TPSA) is 46.5 Å². The van der Waals surface area contributed by atoms with Crippen LogP contribution in [-0.2, 0) is 16.8 Å². The third-order valence-corrected chi connectivity index (χ3v) is 8.89. The first-order valence-corrected chi connectivity index (χ1v) is 13.4. The van der Waals surface area contributed by atoms with Gasteiger partial charge in [0.05, 0.1) is 0 Å². The molecule has 7 rings (SSSR count). The molecule has 36 heavy (non-hydrogen) atoms. The third-order valence-electron chi connectivity index (χ3n) is 8.57. The van der Waals surface area contributed by atoms with E-state index in [2.05, 4.69) is 42.5 Å². The first kappa shape index (κ1) is 23.4. The first-order valence-electron chi connectivity index (χ1n) is 13.0. The van der Waals surface area contributed by atoms with Gasteiger partial charge in [0.2, 0.25) is 0 Å². The Kier molecular flexibility index (Phi) is 6.13. The van der Waals surface area contributed by atoms with Crippen molar-refractivity contribution >= 4 is 23.6 Å². The van der Waals surface area contributed by atoms with Gasteiger partial charge < -0.3 is 9.84 Å². The van der Waals surface area contributed by atoms with Gasteiger partial charge in [0.15, 0.2) is 0 Å². The van der Waals surface area contributed by atoms with Gasteiger partial charge in [-0.1, -0.05) is 60.1 Å². The van der Waals surface area contributed by atoms with Crippen LogP contribution in [0.4, 0.5) is 0 Å². The predicted octanol–water partition coefficient (Wildman–Crippen LogP) is 8.15. The fraction of sp³-hybridized carbons (Fsp3) is 0.344. The van der Waals surface area contributed by atoms with Crippen LogP contribution >= 0.6 is 11.6 Å². The van der Waals surface area contributed by atoms with E-state index in [1.54, 1.807) is 0 Å². The quantitative estimate of drug-likeness (QED) is 0.334. The normalized spacial score (nSPS) is 26.4. The van der Waals surface area contributed by atoms with Gasteiger partial charge in [-0.25, -0.2) is 4.79 Å². The van der Waals surface area contributed by atoms with E-state index in [1.807, 2.05) is 24.3 Å². The van der Waals surface area contributed by atoms with Crippen molar-refractivity contribution in [2.75, 3.05) is 0 Å². The fourth-order valence-electron chi connectivity index (χ4n) is 7.43. The molecule has 0 aliphatic heterocycles. The third kappa shape index (κ3) is 4.57. The molecule has 3 aromatic rings. The number of halogens is 1. The number of ether oxygens (including phenoxy) is 1. The van der Waals surface area contributed by atoms with Gasteiger partial charge in [0, 0.05) is 16.7 Å². The molecule has 184 valence electrons. The Balaban J connectivity index is 1.37. The highest BCUT2D eigenvalue weighted by Gasteiger charge is 2.52. The second kappa shape index (κ2) is 9.44. The van der Waals surface area contributed by atoms with E-state index in [9.17, 15) is 4.79 Å². The summed E-state index contributed by atoms with van der Waals surface area (Å²) < 4.78 is 6.51. The van der Waals surface area contributed by atoms with Crippen molar-refractivity contribution in [3.05, 3.63) is 94.5 Å². The molecule has 0 atom stereocenters. The van der Waals surface area contributed by atoms with Gasteiger partial charge in [-0.05, 0) is 108 Å². The van der Waals surface area contributed by atoms with Crippen LogP contribution in [0.5, 0.6) is 5.75 Å². The highest BCUT2D eigenvalue weighted by Crippen LogP contribution is 2.62. The Bertz CT molecular complexity index is 1270. The standard InChI is InChI=1S/C32H31ClO3/c33-29-16-27(7-6-25(29)9-11-31(34)35)26-8-10-30(36-20-21-4-2-1-3-5-21)28(15-26)32-17-22-12-23(18-32)14-24(13-22)19-32/h1-11,15-16,22-24H,12-14,17-20H2,(H,34,35)/b11-9+. The lowest BCUT2D eigenvalue weighted by molar-refractivity contribution is -0.131. The van der Waals surface area contributed by atoms with Crippen LogP contribution in [0.3, 0.4) is 0 Å². The molecule has 3 nitrogen and oxygen atoms in total. The van der Waals surface area contributed by atoms with E-state index >= 15 is 0 Å². The maximum atomic E-state index is 10.9. The SMILES string of the molecule is O=C(O)/C=C/c1ccc(-c2ccc(OCc3ccccc3)c(C34CC5CC(CC(C5)C3)C4)c2)cc1Cl. The van der Waals surface area contributed by atoms with E-state index in [1.165, 1.54) is 55.7 Å². The molecule has 0 heterocycles. The minimum atomic E-state index is -0.985. The summed E-state index contributed by atoms with van der Waals surface area (Å²) in [5.41, 5.74) is 5.60. The van der Waals surface area contributed by atoms with Crippen molar-refractivity contribution in [2.45, 2.75) is 50.5 Å². The lowest BCUT2D eigenvalue weighted by atomic mass is 9.48. The van der Waals surface area contributed by atoms with Crippen molar-refractivity contribution in [1.82, 2.24) is 0 Å². The Morgan fingerprint density at radius 3 is 2.19 bits per heavy atom. The molecule has 4 aliphatic rings. The monoisotopic (exact) mass is 498 g/mol. The van der Waals surface area contributed by atoms with Crippen molar-refractivity contribution in [1.29, 1.82) is 0 Å². The van der Waals surface area contributed by atoms with Gasteiger partial charge in [0.25, 0.3) is 0 Å². The summed E-state index contributed by atoms with van der Waals surface area (Å²) in [6.45, 7) is 0.565. The van der Waals surface area contributed by atoms with Crippen LogP contribution in [0.2, 0.25) is 5.02 Å². The molecule has 4 saturated carbocycles. The molecule has 1 N–H and O–H groups in total. The van der Waals surface area contributed by atoms with Crippen LogP contribution in [0.15, 0.2) is 72.8 Å². The van der Waals surface area contributed by atoms with Crippen molar-refractivity contribution < 1.29 is 14.6 Å². The smallest absolute Gasteiger partial charge is 0.328 e. The maximum absolute atomic E-state index is 10.9. The van der Waals surface area contributed by atoms with Gasteiger partial charge in [-0.2, -0.15) is 0 Å². The van der Waals surface area contributed by atoms with Gasteiger partial charge in [-0.15, -0.1) is 0 Å². The Labute approximate surface area is 217 Å². The lowest BCUT2D eigenvalue weighted by Gasteiger charge is -2.57. The number of carboxylic acid groups (broad SMARTS) is 1. The average Bonchev–Trinajstić information content (AvgIpc) is 2.86. The van der Waals surface area contributed by atoms with Crippen LogP contribution in [0.1, 0.15) is 55.2 Å². The van der Waals surface area contributed by atoms with Crippen LogP contribution < -0.4 is 4.74 Å². The molecule has 0 saturated heterocycles. The number of carboxylic acids is 1. The number of aliphatic carboxylic acids is 1. The van der Waals surface area contributed by atoms with E-state index in [0.29, 0.717) is 17.2 Å². The molecule has 0 radical (unpaired) electrons. The molecular formula is C32H31ClO3. The Hall–Kier alpha value is -3.04. The van der Waals surface area contributed by atoms with Gasteiger partial charge in [0.1, 0.15) is 12.4 Å². The first-order chi connectivity index (χ1) is 17.5. The second-order valence-corrected chi connectivity index (χ2v) is 11.5. The second-order valence-electron chi connectivity index (χ2n) is 11.1. The molecule has 0 unspecified atom stereocenters. The summed E-state index contributed by atoms with van der Waals surface area (Å²) in [7, 11) is 0. The zero-order valence-corrected chi connectivity index (χ0v) is 21.1. The lowest BCUT2D eigenvalue weighted by Crippen LogP contribution is -2.48. The van der Waals surface area contributed by atoms with Crippen LogP contribution in [-0.4, -0.2) is 11.1 Å². The minimum Gasteiger partial charge on any atom is -0.489 e. The molecule has 3 aromatic carbocycles. The zero-order valence-electron chi connectivity index (χ0n) is 20.3. The summed E-state index contributed by atoms with van der Waals surface area (Å²) in [6, 6.07) is 22.9. The summed E-state index contributed by atoms with van der Waals surface area (Å²) in [5.74, 6) is 2.56. The van der Waals surface area contributed by atoms with Gasteiger partial charge in [-0.3, -0.25) is 0 Å². The summed E-state index contributed by atoms with van der Waals surface area (Å²) in [4.78, 5) is 10.9. The Morgan fingerprint density at radius 2 is 1.56 bits per heavy atom. The van der Waals surface area contributed by atoms with E-state index < -0.39 is 5.97 Å². The highest BCUT2D eigenvalue weighted by atomic mass is 35.5. The predicted molar refractivity (Wildman–Crippen MR) is 144 cm³/mol. The summed E-state index contributed by atoms with van der Waals surface area (Å²) >= 11 is 6.54. The maximum Gasteiger partial charge on any atom is 0.328 e. The zero-order chi connectivity index (χ0) is 24.7. The fourth-order valence-corrected chi connectivity index (χ4v) is 7.67. The summed E-state index contributed by atoms with van der Waals surface area (Å²) in [6.07, 6.45) is 10.7. The van der Waals surface area contributed by atoms with Crippen molar-refractivity contribution in [3.63, 3.8) is 0 Å². The highest BCUT2D eigenvalue weighted by molar-refractivity contribution is 6.32.